The third-order valence-corrected chi connectivity index (χ3v) is 5.75. The maximum Gasteiger partial charge on any atom is 0.307 e. The average molecular weight is 449 g/mol. The fraction of sp³-hybridized carbons (Fsp3) is 0.350. The summed E-state index contributed by atoms with van der Waals surface area (Å²) >= 11 is 3.48. The highest BCUT2D eigenvalue weighted by atomic mass is 79.9. The Morgan fingerprint density at radius 3 is 2.50 bits per heavy atom. The number of hydrazine groups is 1. The van der Waals surface area contributed by atoms with Crippen molar-refractivity contribution < 1.29 is 24.2 Å². The van der Waals surface area contributed by atoms with Crippen LogP contribution in [0, 0.1) is 11.8 Å². The molecule has 0 radical (unpaired) electrons. The van der Waals surface area contributed by atoms with E-state index < -0.39 is 29.6 Å². The van der Waals surface area contributed by atoms with Crippen molar-refractivity contribution in [1.82, 2.24) is 10.9 Å². The molecule has 1 unspecified atom stereocenters. The Hall–Kier alpha value is -2.61. The number of halogens is 1. The second-order valence-corrected chi connectivity index (χ2v) is 7.55. The molecule has 0 bridgehead atoms. The Bertz CT molecular complexity index is 901. The maximum absolute atomic E-state index is 12.3. The van der Waals surface area contributed by atoms with Crippen molar-refractivity contribution in [2.24, 2.45) is 11.8 Å². The van der Waals surface area contributed by atoms with Crippen LogP contribution in [-0.2, 0) is 14.4 Å². The molecule has 0 aliphatic heterocycles. The van der Waals surface area contributed by atoms with Gasteiger partial charge in [-0.15, -0.1) is 0 Å². The molecule has 0 saturated heterocycles. The first-order valence-electron chi connectivity index (χ1n) is 9.09. The number of carbonyl (C=O) groups excluding carboxylic acids is 2. The number of aliphatic carboxylic acids is 1. The Morgan fingerprint density at radius 1 is 1.04 bits per heavy atom. The minimum absolute atomic E-state index is 0.287. The summed E-state index contributed by atoms with van der Waals surface area (Å²) in [5.41, 5.74) is 4.62. The summed E-state index contributed by atoms with van der Waals surface area (Å²) in [6.45, 7) is -0.287. The van der Waals surface area contributed by atoms with Gasteiger partial charge in [-0.2, -0.15) is 0 Å². The van der Waals surface area contributed by atoms with Gasteiger partial charge in [-0.05, 0) is 45.6 Å². The summed E-state index contributed by atoms with van der Waals surface area (Å²) in [5, 5.41) is 11.3. The molecule has 1 aliphatic rings. The Kier molecular flexibility index (Phi) is 6.51. The van der Waals surface area contributed by atoms with Crippen LogP contribution in [0.1, 0.15) is 25.7 Å². The van der Waals surface area contributed by atoms with E-state index in [-0.39, 0.29) is 6.61 Å². The zero-order valence-electron chi connectivity index (χ0n) is 15.1. The molecule has 1 aliphatic carbocycles. The first-order valence-corrected chi connectivity index (χ1v) is 9.88. The van der Waals surface area contributed by atoms with E-state index in [4.69, 9.17) is 4.74 Å². The highest BCUT2D eigenvalue weighted by molar-refractivity contribution is 9.10. The lowest BCUT2D eigenvalue weighted by Crippen LogP contribution is -2.49. The molecule has 2 aromatic carbocycles. The van der Waals surface area contributed by atoms with E-state index in [0.717, 1.165) is 28.1 Å². The minimum atomic E-state index is -0.976. The molecule has 3 N–H and O–H groups in total. The molecule has 0 spiro atoms. The standard InChI is InChI=1S/C20H21BrN2O5/c21-18-13-6-2-1-5-12(13)9-10-16(18)28-11-17(24)22-23-19(25)14-7-3-4-8-15(14)20(26)27/h1-2,5-6,9-10,14-15H,3-4,7-8,11H2,(H,22,24)(H,23,25)(H,26,27)/t14?,15-/m0/s1. The quantitative estimate of drug-likeness (QED) is 0.609. The second kappa shape index (κ2) is 9.05. The summed E-state index contributed by atoms with van der Waals surface area (Å²) in [4.78, 5) is 35.6. The number of rotatable bonds is 5. The van der Waals surface area contributed by atoms with Crippen LogP contribution in [0.3, 0.4) is 0 Å². The molecule has 2 aromatic rings. The van der Waals surface area contributed by atoms with Crippen LogP contribution in [0.5, 0.6) is 5.75 Å². The van der Waals surface area contributed by atoms with E-state index in [1.54, 1.807) is 6.07 Å². The molecule has 0 heterocycles. The lowest BCUT2D eigenvalue weighted by atomic mass is 9.79. The molecule has 2 amide bonds. The Morgan fingerprint density at radius 2 is 1.75 bits per heavy atom. The number of carbonyl (C=O) groups is 3. The van der Waals surface area contributed by atoms with Gasteiger partial charge in [0, 0.05) is 0 Å². The van der Waals surface area contributed by atoms with Crippen LogP contribution < -0.4 is 15.6 Å². The van der Waals surface area contributed by atoms with E-state index in [0.29, 0.717) is 18.6 Å². The fourth-order valence-electron chi connectivity index (χ4n) is 3.47. The van der Waals surface area contributed by atoms with E-state index in [2.05, 4.69) is 26.8 Å². The average Bonchev–Trinajstić information content (AvgIpc) is 2.71. The Labute approximate surface area is 170 Å². The van der Waals surface area contributed by atoms with Gasteiger partial charge in [0.05, 0.1) is 16.3 Å². The first kappa shape index (κ1) is 20.1. The van der Waals surface area contributed by atoms with Gasteiger partial charge in [0.25, 0.3) is 5.91 Å². The van der Waals surface area contributed by atoms with Gasteiger partial charge in [-0.25, -0.2) is 0 Å². The third kappa shape index (κ3) is 4.62. The van der Waals surface area contributed by atoms with Crippen molar-refractivity contribution in [1.29, 1.82) is 0 Å². The van der Waals surface area contributed by atoms with Crippen LogP contribution >= 0.6 is 15.9 Å². The van der Waals surface area contributed by atoms with Crippen LogP contribution in [0.2, 0.25) is 0 Å². The van der Waals surface area contributed by atoms with Crippen molar-refractivity contribution in [3.8, 4) is 5.75 Å². The van der Waals surface area contributed by atoms with Gasteiger partial charge in [-0.1, -0.05) is 43.2 Å². The molecule has 1 saturated carbocycles. The summed E-state index contributed by atoms with van der Waals surface area (Å²) in [7, 11) is 0. The molecular formula is C20H21BrN2O5. The number of ether oxygens (including phenoxy) is 1. The van der Waals surface area contributed by atoms with Crippen LogP contribution in [0.25, 0.3) is 10.8 Å². The molecule has 8 heteroatoms. The fourth-order valence-corrected chi connectivity index (χ4v) is 4.08. The number of hydrogen-bond donors (Lipinski definition) is 3. The van der Waals surface area contributed by atoms with E-state index in [9.17, 15) is 19.5 Å². The summed E-state index contributed by atoms with van der Waals surface area (Å²) in [6.07, 6.45) is 2.57. The maximum atomic E-state index is 12.3. The largest absolute Gasteiger partial charge is 0.483 e. The summed E-state index contributed by atoms with van der Waals surface area (Å²) < 4.78 is 6.28. The lowest BCUT2D eigenvalue weighted by Gasteiger charge is -2.27. The Balaban J connectivity index is 1.53. The van der Waals surface area contributed by atoms with Crippen molar-refractivity contribution in [3.05, 3.63) is 40.9 Å². The molecule has 3 rings (SSSR count). The number of carboxylic acid groups (broad SMARTS) is 1. The number of carboxylic acids is 1. The van der Waals surface area contributed by atoms with Gasteiger partial charge in [0.1, 0.15) is 5.75 Å². The normalized spacial score (nSPS) is 19.0. The van der Waals surface area contributed by atoms with Crippen LogP contribution in [0.4, 0.5) is 0 Å². The number of fused-ring (bicyclic) bond motifs is 1. The molecule has 1 fully saturated rings. The van der Waals surface area contributed by atoms with Crippen molar-refractivity contribution in [3.63, 3.8) is 0 Å². The highest BCUT2D eigenvalue weighted by Crippen LogP contribution is 2.33. The summed E-state index contributed by atoms with van der Waals surface area (Å²) in [6, 6.07) is 11.4. The van der Waals surface area contributed by atoms with Gasteiger partial charge < -0.3 is 9.84 Å². The SMILES string of the molecule is O=C(COc1ccc2ccccc2c1Br)NNC(=O)C1CCCC[C@@H]1C(=O)O. The lowest BCUT2D eigenvalue weighted by molar-refractivity contribution is -0.149. The van der Waals surface area contributed by atoms with Gasteiger partial charge in [-0.3, -0.25) is 25.2 Å². The van der Waals surface area contributed by atoms with Gasteiger partial charge in [0.15, 0.2) is 6.61 Å². The molecule has 7 nitrogen and oxygen atoms in total. The van der Waals surface area contributed by atoms with Gasteiger partial charge in [0.2, 0.25) is 5.91 Å². The molecule has 28 heavy (non-hydrogen) atoms. The highest BCUT2D eigenvalue weighted by Gasteiger charge is 2.35. The van der Waals surface area contributed by atoms with E-state index in [1.165, 1.54) is 0 Å². The summed E-state index contributed by atoms with van der Waals surface area (Å²) in [5.74, 6) is -2.82. The minimum Gasteiger partial charge on any atom is -0.483 e. The predicted molar refractivity (Wildman–Crippen MR) is 107 cm³/mol. The zero-order valence-corrected chi connectivity index (χ0v) is 16.7. The first-order chi connectivity index (χ1) is 13.5. The molecule has 0 aromatic heterocycles. The topological polar surface area (TPSA) is 105 Å². The number of benzene rings is 2. The second-order valence-electron chi connectivity index (χ2n) is 6.76. The van der Waals surface area contributed by atoms with Crippen LogP contribution in [0.15, 0.2) is 40.9 Å². The van der Waals surface area contributed by atoms with Crippen molar-refractivity contribution >= 4 is 44.5 Å². The van der Waals surface area contributed by atoms with Gasteiger partial charge >= 0.3 is 5.97 Å². The van der Waals surface area contributed by atoms with Crippen molar-refractivity contribution in [2.45, 2.75) is 25.7 Å². The van der Waals surface area contributed by atoms with Crippen molar-refractivity contribution in [2.75, 3.05) is 6.61 Å². The number of amides is 2. The van der Waals surface area contributed by atoms with E-state index >= 15 is 0 Å². The molecule has 2 atom stereocenters. The smallest absolute Gasteiger partial charge is 0.307 e. The monoisotopic (exact) mass is 448 g/mol. The predicted octanol–water partition coefficient (Wildman–Crippen LogP) is 3.02. The molecule has 148 valence electrons. The number of nitrogens with one attached hydrogen (secondary N) is 2. The third-order valence-electron chi connectivity index (χ3n) is 4.93. The van der Waals surface area contributed by atoms with E-state index in [1.807, 2.05) is 30.3 Å². The zero-order chi connectivity index (χ0) is 20.1. The number of hydrogen-bond acceptors (Lipinski definition) is 4. The molecular weight excluding hydrogens is 428 g/mol. The van der Waals surface area contributed by atoms with Crippen LogP contribution in [-0.4, -0.2) is 29.5 Å².